The van der Waals surface area contributed by atoms with Crippen LogP contribution in [0.5, 0.6) is 0 Å². The van der Waals surface area contributed by atoms with Gasteiger partial charge in [0.05, 0.1) is 6.10 Å². The maximum atomic E-state index is 9.53. The minimum Gasteiger partial charge on any atom is -0.392 e. The van der Waals surface area contributed by atoms with Crippen molar-refractivity contribution in [1.29, 1.82) is 0 Å². The Balaban J connectivity index is 1.48. The van der Waals surface area contributed by atoms with Crippen LogP contribution in [-0.2, 0) is 0 Å². The summed E-state index contributed by atoms with van der Waals surface area (Å²) in [4.78, 5) is 5.18. The number of aliphatic hydroxyl groups is 1. The van der Waals surface area contributed by atoms with Crippen molar-refractivity contribution in [2.24, 2.45) is 0 Å². The zero-order valence-electron chi connectivity index (χ0n) is 9.44. The van der Waals surface area contributed by atoms with E-state index in [1.807, 2.05) is 0 Å². The number of aliphatic hydroxyl groups excluding tert-OH is 1. The Morgan fingerprint density at radius 2 is 1.33 bits per heavy atom. The molecule has 2 saturated heterocycles. The molecule has 0 radical (unpaired) electrons. The van der Waals surface area contributed by atoms with Crippen molar-refractivity contribution >= 4 is 0 Å². The fourth-order valence-corrected chi connectivity index (χ4v) is 3.16. The van der Waals surface area contributed by atoms with Gasteiger partial charge in [-0.2, -0.15) is 0 Å². The highest BCUT2D eigenvalue weighted by Gasteiger charge is 2.34. The van der Waals surface area contributed by atoms with Crippen LogP contribution in [0.25, 0.3) is 0 Å². The Kier molecular flexibility index (Phi) is 2.71. The molecule has 3 aliphatic rings. The van der Waals surface area contributed by atoms with Crippen molar-refractivity contribution in [1.82, 2.24) is 9.80 Å². The monoisotopic (exact) mass is 210 g/mol. The van der Waals surface area contributed by atoms with Gasteiger partial charge in [-0.3, -0.25) is 4.90 Å². The third kappa shape index (κ3) is 2.19. The predicted octanol–water partition coefficient (Wildman–Crippen LogP) is 0.680. The Hall–Kier alpha value is -0.120. The number of piperidine rings is 1. The first kappa shape index (κ1) is 10.1. The zero-order valence-corrected chi connectivity index (χ0v) is 9.44. The molecule has 15 heavy (non-hydrogen) atoms. The normalized spacial score (nSPS) is 36.2. The fourth-order valence-electron chi connectivity index (χ4n) is 3.16. The summed E-state index contributed by atoms with van der Waals surface area (Å²) in [6.07, 6.45) is 6.46. The molecule has 1 aliphatic carbocycles. The summed E-state index contributed by atoms with van der Waals surface area (Å²) in [6, 6.07) is 1.70. The van der Waals surface area contributed by atoms with E-state index < -0.39 is 0 Å². The molecular weight excluding hydrogens is 188 g/mol. The van der Waals surface area contributed by atoms with Crippen molar-refractivity contribution in [2.45, 2.75) is 50.3 Å². The smallest absolute Gasteiger partial charge is 0.0679 e. The van der Waals surface area contributed by atoms with Crippen molar-refractivity contribution in [3.05, 3.63) is 0 Å². The van der Waals surface area contributed by atoms with E-state index >= 15 is 0 Å². The first-order valence-corrected chi connectivity index (χ1v) is 6.49. The lowest BCUT2D eigenvalue weighted by molar-refractivity contribution is 0.105. The molecule has 0 aromatic carbocycles. The van der Waals surface area contributed by atoms with Gasteiger partial charge >= 0.3 is 0 Å². The molecule has 1 N–H and O–H groups in total. The summed E-state index contributed by atoms with van der Waals surface area (Å²) < 4.78 is 0. The predicted molar refractivity (Wildman–Crippen MR) is 59.8 cm³/mol. The van der Waals surface area contributed by atoms with Crippen LogP contribution in [0.2, 0.25) is 0 Å². The highest BCUT2D eigenvalue weighted by atomic mass is 16.3. The van der Waals surface area contributed by atoms with Crippen LogP contribution in [0.1, 0.15) is 32.1 Å². The van der Waals surface area contributed by atoms with E-state index in [1.54, 1.807) is 0 Å². The average Bonchev–Trinajstić information content (AvgIpc) is 3.02. The summed E-state index contributed by atoms with van der Waals surface area (Å²) in [7, 11) is 0. The number of likely N-dealkylation sites (tertiary alicyclic amines) is 2. The van der Waals surface area contributed by atoms with Crippen LogP contribution in [-0.4, -0.2) is 59.3 Å². The molecule has 0 bridgehead atoms. The lowest BCUT2D eigenvalue weighted by Crippen LogP contribution is -2.44. The van der Waals surface area contributed by atoms with Crippen molar-refractivity contribution < 1.29 is 5.11 Å². The van der Waals surface area contributed by atoms with Gasteiger partial charge in [0, 0.05) is 25.2 Å². The van der Waals surface area contributed by atoms with Crippen LogP contribution in [0.3, 0.4) is 0 Å². The summed E-state index contributed by atoms with van der Waals surface area (Å²) in [6.45, 7) is 4.63. The van der Waals surface area contributed by atoms with E-state index in [0.29, 0.717) is 0 Å². The standard InChI is InChI=1S/C12H22N2O/c15-12-5-8-14(9-12)11-3-6-13(7-4-11)10-1-2-10/h10-12,15H,1-9H2. The van der Waals surface area contributed by atoms with Gasteiger partial charge in [-0.1, -0.05) is 0 Å². The second-order valence-corrected chi connectivity index (χ2v) is 5.44. The number of β-amino-alcohol motifs (C(OH)–C–C–N with tert-alkyl or cyclic N) is 1. The Bertz CT molecular complexity index is 222. The Labute approximate surface area is 92.1 Å². The second-order valence-electron chi connectivity index (χ2n) is 5.44. The fraction of sp³-hybridized carbons (Fsp3) is 1.00. The van der Waals surface area contributed by atoms with E-state index in [2.05, 4.69) is 9.80 Å². The summed E-state index contributed by atoms with van der Waals surface area (Å²) >= 11 is 0. The van der Waals surface area contributed by atoms with Gasteiger partial charge in [0.15, 0.2) is 0 Å². The first-order chi connectivity index (χ1) is 7.33. The van der Waals surface area contributed by atoms with Crippen LogP contribution in [0.4, 0.5) is 0 Å². The molecule has 2 heterocycles. The van der Waals surface area contributed by atoms with Gasteiger partial charge in [0.1, 0.15) is 0 Å². The highest BCUT2D eigenvalue weighted by Crippen LogP contribution is 2.31. The van der Waals surface area contributed by atoms with Crippen LogP contribution in [0, 0.1) is 0 Å². The van der Waals surface area contributed by atoms with Crippen LogP contribution in [0.15, 0.2) is 0 Å². The molecule has 3 nitrogen and oxygen atoms in total. The van der Waals surface area contributed by atoms with Gasteiger partial charge in [-0.05, 0) is 45.2 Å². The van der Waals surface area contributed by atoms with Crippen molar-refractivity contribution in [2.75, 3.05) is 26.2 Å². The Morgan fingerprint density at radius 3 is 1.87 bits per heavy atom. The topological polar surface area (TPSA) is 26.7 Å². The van der Waals surface area contributed by atoms with Gasteiger partial charge in [0.25, 0.3) is 0 Å². The molecule has 0 aromatic rings. The van der Waals surface area contributed by atoms with E-state index in [4.69, 9.17) is 0 Å². The molecular formula is C12H22N2O. The van der Waals surface area contributed by atoms with Gasteiger partial charge in [0.2, 0.25) is 0 Å². The number of hydrogen-bond acceptors (Lipinski definition) is 3. The molecule has 0 spiro atoms. The lowest BCUT2D eigenvalue weighted by Gasteiger charge is -2.36. The molecule has 3 rings (SSSR count). The van der Waals surface area contributed by atoms with Crippen LogP contribution < -0.4 is 0 Å². The van der Waals surface area contributed by atoms with Crippen molar-refractivity contribution in [3.8, 4) is 0 Å². The van der Waals surface area contributed by atoms with Gasteiger partial charge in [-0.25, -0.2) is 0 Å². The summed E-state index contributed by atoms with van der Waals surface area (Å²) in [5.41, 5.74) is 0. The number of rotatable bonds is 2. The first-order valence-electron chi connectivity index (χ1n) is 6.49. The summed E-state index contributed by atoms with van der Waals surface area (Å²) in [5.74, 6) is 0. The number of nitrogens with zero attached hydrogens (tertiary/aromatic N) is 2. The molecule has 0 aromatic heterocycles. The van der Waals surface area contributed by atoms with Crippen LogP contribution >= 0.6 is 0 Å². The van der Waals surface area contributed by atoms with E-state index in [0.717, 1.165) is 31.6 Å². The molecule has 3 heteroatoms. The van der Waals surface area contributed by atoms with Crippen molar-refractivity contribution in [3.63, 3.8) is 0 Å². The second kappa shape index (κ2) is 4.04. The molecule has 1 saturated carbocycles. The maximum Gasteiger partial charge on any atom is 0.0679 e. The molecule has 1 unspecified atom stereocenters. The highest BCUT2D eigenvalue weighted by molar-refractivity contribution is 4.91. The third-order valence-electron chi connectivity index (χ3n) is 4.27. The summed E-state index contributed by atoms with van der Waals surface area (Å²) in [5, 5.41) is 9.53. The average molecular weight is 210 g/mol. The molecule has 2 aliphatic heterocycles. The quantitative estimate of drug-likeness (QED) is 0.726. The van der Waals surface area contributed by atoms with Gasteiger partial charge in [-0.15, -0.1) is 0 Å². The number of hydrogen-bond donors (Lipinski definition) is 1. The largest absolute Gasteiger partial charge is 0.392 e. The van der Waals surface area contributed by atoms with E-state index in [9.17, 15) is 5.11 Å². The van der Waals surface area contributed by atoms with Gasteiger partial charge < -0.3 is 10.0 Å². The lowest BCUT2D eigenvalue weighted by atomic mass is 10.0. The maximum absolute atomic E-state index is 9.53. The molecule has 0 amide bonds. The minimum absolute atomic E-state index is 0.0496. The molecule has 3 fully saturated rings. The zero-order chi connectivity index (χ0) is 10.3. The third-order valence-corrected chi connectivity index (χ3v) is 4.27. The molecule has 1 atom stereocenters. The minimum atomic E-state index is -0.0496. The SMILES string of the molecule is OC1CCN(C2CCN(C3CC3)CC2)C1. The van der Waals surface area contributed by atoms with E-state index in [-0.39, 0.29) is 6.10 Å². The molecule has 86 valence electrons. The Morgan fingerprint density at radius 1 is 0.733 bits per heavy atom. The van der Waals surface area contributed by atoms with E-state index in [1.165, 1.54) is 38.8 Å².